The molecule has 0 saturated carbocycles. The Morgan fingerprint density at radius 2 is 2.00 bits per heavy atom. The second-order valence-corrected chi connectivity index (χ2v) is 3.17. The summed E-state index contributed by atoms with van der Waals surface area (Å²) in [7, 11) is 0. The van der Waals surface area contributed by atoms with E-state index in [4.69, 9.17) is 11.5 Å². The fourth-order valence-electron chi connectivity index (χ4n) is 1.52. The van der Waals surface area contributed by atoms with Gasteiger partial charge in [0.2, 0.25) is 5.96 Å². The van der Waals surface area contributed by atoms with Crippen LogP contribution in [-0.4, -0.2) is 10.6 Å². The topological polar surface area (TPSA) is 69.3 Å². The summed E-state index contributed by atoms with van der Waals surface area (Å²) in [4.78, 5) is 0. The molecule has 2 aromatic rings. The molecular weight excluding hydrogens is 176 g/mol. The van der Waals surface area contributed by atoms with E-state index < -0.39 is 0 Å². The summed E-state index contributed by atoms with van der Waals surface area (Å²) >= 11 is 0. The molecule has 0 spiro atoms. The summed E-state index contributed by atoms with van der Waals surface area (Å²) in [5.74, 6) is 0.0633. The SMILES string of the molecule is Cc1c2ccccc2cn1N=C(N)N. The first-order chi connectivity index (χ1) is 6.68. The van der Waals surface area contributed by atoms with Crippen molar-refractivity contribution in [1.82, 2.24) is 4.68 Å². The quantitative estimate of drug-likeness (QED) is 0.517. The van der Waals surface area contributed by atoms with Crippen LogP contribution >= 0.6 is 0 Å². The first kappa shape index (κ1) is 8.62. The van der Waals surface area contributed by atoms with Crippen LogP contribution in [0.4, 0.5) is 0 Å². The van der Waals surface area contributed by atoms with Crippen LogP contribution < -0.4 is 11.5 Å². The van der Waals surface area contributed by atoms with Gasteiger partial charge in [-0.1, -0.05) is 24.3 Å². The maximum absolute atomic E-state index is 5.32. The summed E-state index contributed by atoms with van der Waals surface area (Å²) < 4.78 is 1.69. The summed E-state index contributed by atoms with van der Waals surface area (Å²) in [6.07, 6.45) is 1.91. The Kier molecular flexibility index (Phi) is 1.89. The van der Waals surface area contributed by atoms with Crippen molar-refractivity contribution in [1.29, 1.82) is 0 Å². The third-order valence-electron chi connectivity index (χ3n) is 2.18. The average Bonchev–Trinajstić information content (AvgIpc) is 2.44. The van der Waals surface area contributed by atoms with Gasteiger partial charge >= 0.3 is 0 Å². The normalized spacial score (nSPS) is 10.4. The third kappa shape index (κ3) is 1.31. The zero-order valence-electron chi connectivity index (χ0n) is 7.94. The Hall–Kier alpha value is -1.97. The van der Waals surface area contributed by atoms with Crippen LogP contribution in [0, 0.1) is 6.92 Å². The highest BCUT2D eigenvalue weighted by atomic mass is 15.4. The van der Waals surface area contributed by atoms with E-state index in [9.17, 15) is 0 Å². The van der Waals surface area contributed by atoms with E-state index in [2.05, 4.69) is 5.10 Å². The molecule has 1 aromatic carbocycles. The molecule has 72 valence electrons. The molecular formula is C10H12N4. The van der Waals surface area contributed by atoms with Crippen molar-refractivity contribution >= 4 is 16.7 Å². The zero-order valence-corrected chi connectivity index (χ0v) is 7.94. The molecule has 0 aliphatic rings. The Labute approximate surface area is 81.8 Å². The molecule has 1 aromatic heterocycles. The molecule has 0 amide bonds. The summed E-state index contributed by atoms with van der Waals surface area (Å²) in [6.45, 7) is 1.98. The van der Waals surface area contributed by atoms with Crippen molar-refractivity contribution in [2.24, 2.45) is 16.6 Å². The number of hydrogen-bond donors (Lipinski definition) is 2. The largest absolute Gasteiger partial charge is 0.369 e. The van der Waals surface area contributed by atoms with E-state index in [1.807, 2.05) is 37.4 Å². The van der Waals surface area contributed by atoms with Crippen LogP contribution in [0.3, 0.4) is 0 Å². The first-order valence-electron chi connectivity index (χ1n) is 4.35. The van der Waals surface area contributed by atoms with Crippen molar-refractivity contribution in [3.8, 4) is 0 Å². The van der Waals surface area contributed by atoms with E-state index in [-0.39, 0.29) is 5.96 Å². The van der Waals surface area contributed by atoms with Crippen molar-refractivity contribution in [3.63, 3.8) is 0 Å². The minimum atomic E-state index is 0.0633. The molecule has 14 heavy (non-hydrogen) atoms. The average molecular weight is 188 g/mol. The monoisotopic (exact) mass is 188 g/mol. The van der Waals surface area contributed by atoms with Crippen LogP contribution in [0.2, 0.25) is 0 Å². The van der Waals surface area contributed by atoms with Crippen LogP contribution in [0.5, 0.6) is 0 Å². The lowest BCUT2D eigenvalue weighted by Gasteiger charge is -1.97. The number of rotatable bonds is 1. The minimum absolute atomic E-state index is 0.0633. The minimum Gasteiger partial charge on any atom is -0.369 e. The maximum Gasteiger partial charge on any atom is 0.209 e. The van der Waals surface area contributed by atoms with E-state index in [0.29, 0.717) is 0 Å². The molecule has 0 atom stereocenters. The highest BCUT2D eigenvalue weighted by Gasteiger charge is 2.02. The second-order valence-electron chi connectivity index (χ2n) is 3.17. The van der Waals surface area contributed by atoms with Crippen molar-refractivity contribution in [3.05, 3.63) is 36.2 Å². The predicted octanol–water partition coefficient (Wildman–Crippen LogP) is 0.986. The molecule has 2 rings (SSSR count). The number of aryl methyl sites for hydroxylation is 1. The Bertz CT molecular complexity index is 492. The number of nitrogens with two attached hydrogens (primary N) is 2. The van der Waals surface area contributed by atoms with Gasteiger partial charge < -0.3 is 11.5 Å². The lowest BCUT2D eigenvalue weighted by Crippen LogP contribution is -2.23. The lowest BCUT2D eigenvalue weighted by atomic mass is 10.2. The highest BCUT2D eigenvalue weighted by Crippen LogP contribution is 2.19. The van der Waals surface area contributed by atoms with Crippen molar-refractivity contribution in [2.75, 3.05) is 0 Å². The van der Waals surface area contributed by atoms with Crippen molar-refractivity contribution < 1.29 is 0 Å². The predicted molar refractivity (Wildman–Crippen MR) is 57.9 cm³/mol. The Balaban J connectivity index is 2.69. The van der Waals surface area contributed by atoms with Crippen LogP contribution in [0.15, 0.2) is 35.6 Å². The number of hydrogen-bond acceptors (Lipinski definition) is 1. The molecule has 0 fully saturated rings. The molecule has 0 aliphatic heterocycles. The standard InChI is InChI=1S/C10H12N4/c1-7-9-5-3-2-4-8(9)6-14(7)13-10(11)12/h2-6H,1H3,(H4,11,12,13). The molecule has 4 heteroatoms. The van der Waals surface area contributed by atoms with Crippen LogP contribution in [0.1, 0.15) is 5.69 Å². The maximum atomic E-state index is 5.32. The Morgan fingerprint density at radius 3 is 2.64 bits per heavy atom. The van der Waals surface area contributed by atoms with Gasteiger partial charge in [-0.25, -0.2) is 4.68 Å². The van der Waals surface area contributed by atoms with Gasteiger partial charge in [-0.2, -0.15) is 0 Å². The fraction of sp³-hybridized carbons (Fsp3) is 0.100. The van der Waals surface area contributed by atoms with Gasteiger partial charge in [0.25, 0.3) is 0 Å². The van der Waals surface area contributed by atoms with Gasteiger partial charge in [0, 0.05) is 22.7 Å². The van der Waals surface area contributed by atoms with E-state index >= 15 is 0 Å². The van der Waals surface area contributed by atoms with Crippen LogP contribution in [0.25, 0.3) is 10.8 Å². The number of aromatic nitrogens is 1. The number of guanidine groups is 1. The van der Waals surface area contributed by atoms with Gasteiger partial charge in [0.15, 0.2) is 0 Å². The summed E-state index contributed by atoms with van der Waals surface area (Å²) in [6, 6.07) is 8.06. The molecule has 0 aliphatic carbocycles. The Morgan fingerprint density at radius 1 is 1.29 bits per heavy atom. The van der Waals surface area contributed by atoms with Crippen LogP contribution in [-0.2, 0) is 0 Å². The smallest absolute Gasteiger partial charge is 0.209 e. The zero-order chi connectivity index (χ0) is 10.1. The third-order valence-corrected chi connectivity index (χ3v) is 2.18. The molecule has 0 saturated heterocycles. The molecule has 4 nitrogen and oxygen atoms in total. The number of benzene rings is 1. The molecule has 1 heterocycles. The summed E-state index contributed by atoms with van der Waals surface area (Å²) in [5, 5.41) is 6.28. The number of fused-ring (bicyclic) bond motifs is 1. The van der Waals surface area contributed by atoms with Gasteiger partial charge in [-0.3, -0.25) is 0 Å². The first-order valence-corrected chi connectivity index (χ1v) is 4.35. The van der Waals surface area contributed by atoms with E-state index in [1.54, 1.807) is 4.68 Å². The van der Waals surface area contributed by atoms with Crippen molar-refractivity contribution in [2.45, 2.75) is 6.92 Å². The summed E-state index contributed by atoms with van der Waals surface area (Å²) in [5.41, 5.74) is 11.7. The molecule has 0 radical (unpaired) electrons. The second kappa shape index (κ2) is 3.06. The fourth-order valence-corrected chi connectivity index (χ4v) is 1.52. The van der Waals surface area contributed by atoms with Gasteiger partial charge in [0.1, 0.15) is 0 Å². The van der Waals surface area contributed by atoms with Gasteiger partial charge in [-0.15, -0.1) is 5.10 Å². The van der Waals surface area contributed by atoms with Gasteiger partial charge in [0.05, 0.1) is 0 Å². The van der Waals surface area contributed by atoms with Gasteiger partial charge in [-0.05, 0) is 6.92 Å². The molecule has 0 bridgehead atoms. The highest BCUT2D eigenvalue weighted by molar-refractivity contribution is 5.85. The molecule has 0 unspecified atom stereocenters. The van der Waals surface area contributed by atoms with E-state index in [1.165, 1.54) is 0 Å². The molecule has 4 N–H and O–H groups in total. The van der Waals surface area contributed by atoms with E-state index in [0.717, 1.165) is 16.5 Å². The number of nitrogens with zero attached hydrogens (tertiary/aromatic N) is 2. The lowest BCUT2D eigenvalue weighted by molar-refractivity contribution is 0.848.